The highest BCUT2D eigenvalue weighted by atomic mass is 16.3. The van der Waals surface area contributed by atoms with Crippen LogP contribution in [0.25, 0.3) is 0 Å². The zero-order chi connectivity index (χ0) is 13.2. The van der Waals surface area contributed by atoms with E-state index in [4.69, 9.17) is 0 Å². The maximum Gasteiger partial charge on any atom is 0.0976 e. The second-order valence-corrected chi connectivity index (χ2v) is 5.70. The predicted molar refractivity (Wildman–Crippen MR) is 72.0 cm³/mol. The standard InChI is InChI=1S/C16H21NO/c1-12(2)13-5-7-14(8-6-13)15(18)16(11-17)9-3-4-10-16/h5-8,12,15,18H,3-4,9-10H2,1-2H3. The molecule has 0 aromatic heterocycles. The molecule has 0 heterocycles. The molecule has 2 rings (SSSR count). The second kappa shape index (κ2) is 5.12. The monoisotopic (exact) mass is 243 g/mol. The fourth-order valence-electron chi connectivity index (χ4n) is 2.83. The first-order valence-corrected chi connectivity index (χ1v) is 6.78. The Morgan fingerprint density at radius 3 is 2.06 bits per heavy atom. The van der Waals surface area contributed by atoms with Crippen LogP contribution in [0.2, 0.25) is 0 Å². The molecule has 1 unspecified atom stereocenters. The van der Waals surface area contributed by atoms with E-state index in [1.165, 1.54) is 5.56 Å². The molecule has 1 aromatic rings. The van der Waals surface area contributed by atoms with Crippen molar-refractivity contribution in [3.05, 3.63) is 35.4 Å². The van der Waals surface area contributed by atoms with Gasteiger partial charge in [-0.05, 0) is 29.9 Å². The predicted octanol–water partition coefficient (Wildman–Crippen LogP) is 3.93. The third-order valence-corrected chi connectivity index (χ3v) is 4.16. The number of aliphatic hydroxyl groups excluding tert-OH is 1. The number of benzene rings is 1. The van der Waals surface area contributed by atoms with Gasteiger partial charge in [-0.25, -0.2) is 0 Å². The summed E-state index contributed by atoms with van der Waals surface area (Å²) in [5.74, 6) is 0.493. The Hall–Kier alpha value is -1.33. The van der Waals surface area contributed by atoms with E-state index in [1.807, 2.05) is 12.1 Å². The topological polar surface area (TPSA) is 44.0 Å². The van der Waals surface area contributed by atoms with Gasteiger partial charge in [0.25, 0.3) is 0 Å². The van der Waals surface area contributed by atoms with Gasteiger partial charge in [0.05, 0.1) is 17.6 Å². The molecule has 1 aliphatic carbocycles. The third kappa shape index (κ3) is 2.28. The lowest BCUT2D eigenvalue weighted by Gasteiger charge is -2.27. The summed E-state index contributed by atoms with van der Waals surface area (Å²) >= 11 is 0. The minimum atomic E-state index is -0.647. The molecule has 0 aliphatic heterocycles. The molecule has 1 atom stereocenters. The summed E-state index contributed by atoms with van der Waals surface area (Å²) in [7, 11) is 0. The number of hydrogen-bond acceptors (Lipinski definition) is 2. The number of hydrogen-bond donors (Lipinski definition) is 1. The molecule has 2 nitrogen and oxygen atoms in total. The Morgan fingerprint density at radius 1 is 1.11 bits per heavy atom. The summed E-state index contributed by atoms with van der Waals surface area (Å²) in [6.45, 7) is 4.30. The van der Waals surface area contributed by atoms with Gasteiger partial charge in [-0.1, -0.05) is 51.0 Å². The van der Waals surface area contributed by atoms with Crippen LogP contribution < -0.4 is 0 Å². The minimum Gasteiger partial charge on any atom is -0.387 e. The van der Waals surface area contributed by atoms with E-state index in [1.54, 1.807) is 0 Å². The molecule has 1 N–H and O–H groups in total. The lowest BCUT2D eigenvalue weighted by molar-refractivity contribution is 0.0671. The molecule has 1 saturated carbocycles. The molecule has 1 aliphatic rings. The van der Waals surface area contributed by atoms with Gasteiger partial charge in [0.15, 0.2) is 0 Å². The first kappa shape index (κ1) is 13.1. The van der Waals surface area contributed by atoms with Crippen molar-refractivity contribution in [2.75, 3.05) is 0 Å². The van der Waals surface area contributed by atoms with E-state index in [2.05, 4.69) is 32.0 Å². The number of rotatable bonds is 3. The molecule has 2 heteroatoms. The van der Waals surface area contributed by atoms with Gasteiger partial charge in [-0.3, -0.25) is 0 Å². The molecule has 0 bridgehead atoms. The summed E-state index contributed by atoms with van der Waals surface area (Å²) in [4.78, 5) is 0. The lowest BCUT2D eigenvalue weighted by atomic mass is 9.78. The Balaban J connectivity index is 2.23. The number of nitrogens with zero attached hydrogens (tertiary/aromatic N) is 1. The zero-order valence-corrected chi connectivity index (χ0v) is 11.2. The summed E-state index contributed by atoms with van der Waals surface area (Å²) in [5.41, 5.74) is 1.59. The van der Waals surface area contributed by atoms with Gasteiger partial charge in [-0.2, -0.15) is 5.26 Å². The van der Waals surface area contributed by atoms with E-state index in [0.717, 1.165) is 31.2 Å². The normalized spacial score (nSPS) is 19.7. The molecule has 0 amide bonds. The fourth-order valence-corrected chi connectivity index (χ4v) is 2.83. The highest BCUT2D eigenvalue weighted by Crippen LogP contribution is 2.47. The first-order chi connectivity index (χ1) is 8.59. The van der Waals surface area contributed by atoms with Crippen molar-refractivity contribution in [1.29, 1.82) is 5.26 Å². The number of aliphatic hydroxyl groups is 1. The highest BCUT2D eigenvalue weighted by molar-refractivity contribution is 5.29. The van der Waals surface area contributed by atoms with E-state index in [0.29, 0.717) is 5.92 Å². The maximum absolute atomic E-state index is 10.5. The van der Waals surface area contributed by atoms with Crippen LogP contribution in [0.1, 0.15) is 62.7 Å². The molecule has 18 heavy (non-hydrogen) atoms. The molecule has 1 aromatic carbocycles. The zero-order valence-electron chi connectivity index (χ0n) is 11.2. The van der Waals surface area contributed by atoms with Gasteiger partial charge in [-0.15, -0.1) is 0 Å². The van der Waals surface area contributed by atoms with E-state index >= 15 is 0 Å². The van der Waals surface area contributed by atoms with Crippen molar-refractivity contribution in [1.82, 2.24) is 0 Å². The Kier molecular flexibility index (Phi) is 3.73. The molecule has 1 fully saturated rings. The average Bonchev–Trinajstić information content (AvgIpc) is 2.88. The van der Waals surface area contributed by atoms with Gasteiger partial charge in [0, 0.05) is 0 Å². The largest absolute Gasteiger partial charge is 0.387 e. The van der Waals surface area contributed by atoms with Crippen LogP contribution in [0, 0.1) is 16.7 Å². The average molecular weight is 243 g/mol. The molecular formula is C16H21NO. The molecular weight excluding hydrogens is 222 g/mol. The van der Waals surface area contributed by atoms with Crippen LogP contribution in [0.4, 0.5) is 0 Å². The van der Waals surface area contributed by atoms with Crippen molar-refractivity contribution in [3.63, 3.8) is 0 Å². The summed E-state index contributed by atoms with van der Waals surface area (Å²) in [5, 5.41) is 19.9. The molecule has 0 spiro atoms. The highest BCUT2D eigenvalue weighted by Gasteiger charge is 2.41. The van der Waals surface area contributed by atoms with Crippen LogP contribution in [0.3, 0.4) is 0 Å². The van der Waals surface area contributed by atoms with Crippen LogP contribution in [0.15, 0.2) is 24.3 Å². The van der Waals surface area contributed by atoms with Gasteiger partial charge in [0.1, 0.15) is 0 Å². The van der Waals surface area contributed by atoms with Crippen LogP contribution in [-0.2, 0) is 0 Å². The number of nitriles is 1. The Bertz CT molecular complexity index is 435. The van der Waals surface area contributed by atoms with Crippen molar-refractivity contribution in [2.24, 2.45) is 5.41 Å². The maximum atomic E-state index is 10.5. The van der Waals surface area contributed by atoms with Crippen molar-refractivity contribution in [3.8, 4) is 6.07 Å². The van der Waals surface area contributed by atoms with Crippen LogP contribution in [0.5, 0.6) is 0 Å². The fraction of sp³-hybridized carbons (Fsp3) is 0.562. The van der Waals surface area contributed by atoms with Crippen LogP contribution >= 0.6 is 0 Å². The lowest BCUT2D eigenvalue weighted by Crippen LogP contribution is -2.23. The van der Waals surface area contributed by atoms with Crippen LogP contribution in [-0.4, -0.2) is 5.11 Å². The first-order valence-electron chi connectivity index (χ1n) is 6.78. The molecule has 0 saturated heterocycles. The second-order valence-electron chi connectivity index (χ2n) is 5.70. The van der Waals surface area contributed by atoms with Gasteiger partial charge in [0.2, 0.25) is 0 Å². The Morgan fingerprint density at radius 2 is 1.61 bits per heavy atom. The summed E-state index contributed by atoms with van der Waals surface area (Å²) in [6, 6.07) is 10.4. The SMILES string of the molecule is CC(C)c1ccc(C(O)C2(C#N)CCCC2)cc1. The summed E-state index contributed by atoms with van der Waals surface area (Å²) < 4.78 is 0. The Labute approximate surface area is 109 Å². The quantitative estimate of drug-likeness (QED) is 0.874. The third-order valence-electron chi connectivity index (χ3n) is 4.16. The van der Waals surface area contributed by atoms with Crippen molar-refractivity contribution >= 4 is 0 Å². The van der Waals surface area contributed by atoms with Crippen molar-refractivity contribution in [2.45, 2.75) is 51.6 Å². The molecule has 0 radical (unpaired) electrons. The smallest absolute Gasteiger partial charge is 0.0976 e. The van der Waals surface area contributed by atoms with E-state index in [-0.39, 0.29) is 0 Å². The molecule has 96 valence electrons. The minimum absolute atomic E-state index is 0.493. The van der Waals surface area contributed by atoms with E-state index < -0.39 is 11.5 Å². The van der Waals surface area contributed by atoms with Crippen molar-refractivity contribution < 1.29 is 5.11 Å². The van der Waals surface area contributed by atoms with E-state index in [9.17, 15) is 10.4 Å². The van der Waals surface area contributed by atoms with Gasteiger partial charge >= 0.3 is 0 Å². The van der Waals surface area contributed by atoms with Gasteiger partial charge < -0.3 is 5.11 Å². The summed E-state index contributed by atoms with van der Waals surface area (Å²) in [6.07, 6.45) is 3.09.